The van der Waals surface area contributed by atoms with Gasteiger partial charge in [0.25, 0.3) is 11.8 Å². The SMILES string of the molecule is COc1ccc(C(=O)Nc2ccc(C(C)=NNC(=O)c3c[nH]c4ccccc34)cc2)cc1. The minimum absolute atomic E-state index is 0.211. The highest BCUT2D eigenvalue weighted by Crippen LogP contribution is 2.18. The number of anilines is 1. The van der Waals surface area contributed by atoms with Crippen LogP contribution < -0.4 is 15.5 Å². The summed E-state index contributed by atoms with van der Waals surface area (Å²) in [6, 6.07) is 21.7. The summed E-state index contributed by atoms with van der Waals surface area (Å²) < 4.78 is 5.11. The minimum Gasteiger partial charge on any atom is -0.497 e. The summed E-state index contributed by atoms with van der Waals surface area (Å²) in [4.78, 5) is 28.0. The molecule has 0 aliphatic heterocycles. The molecule has 0 spiro atoms. The lowest BCUT2D eigenvalue weighted by atomic mass is 10.1. The van der Waals surface area contributed by atoms with E-state index in [1.54, 1.807) is 56.6 Å². The van der Waals surface area contributed by atoms with Gasteiger partial charge in [0.2, 0.25) is 0 Å². The van der Waals surface area contributed by atoms with Gasteiger partial charge >= 0.3 is 0 Å². The molecule has 0 radical (unpaired) electrons. The van der Waals surface area contributed by atoms with Crippen LogP contribution >= 0.6 is 0 Å². The number of amides is 2. The van der Waals surface area contributed by atoms with Gasteiger partial charge in [0.1, 0.15) is 5.75 Å². The zero-order valence-corrected chi connectivity index (χ0v) is 17.7. The second kappa shape index (κ2) is 9.18. The fourth-order valence-corrected chi connectivity index (χ4v) is 3.26. The molecule has 7 nitrogen and oxygen atoms in total. The third kappa shape index (κ3) is 4.52. The van der Waals surface area contributed by atoms with E-state index in [0.29, 0.717) is 28.3 Å². The van der Waals surface area contributed by atoms with Gasteiger partial charge in [0.15, 0.2) is 0 Å². The summed E-state index contributed by atoms with van der Waals surface area (Å²) in [6.07, 6.45) is 1.67. The van der Waals surface area contributed by atoms with Gasteiger partial charge in [0, 0.05) is 28.4 Å². The first kappa shape index (κ1) is 20.9. The van der Waals surface area contributed by atoms with Crippen LogP contribution in [0.2, 0.25) is 0 Å². The molecule has 0 unspecified atom stereocenters. The Balaban J connectivity index is 1.39. The van der Waals surface area contributed by atoms with Gasteiger partial charge in [0.05, 0.1) is 18.4 Å². The van der Waals surface area contributed by atoms with E-state index in [1.165, 1.54) is 0 Å². The third-order valence-electron chi connectivity index (χ3n) is 5.07. The van der Waals surface area contributed by atoms with Crippen LogP contribution in [0.15, 0.2) is 84.1 Å². The molecule has 3 aromatic carbocycles. The Morgan fingerprint density at radius 2 is 1.56 bits per heavy atom. The molecule has 0 aliphatic carbocycles. The van der Waals surface area contributed by atoms with Crippen molar-refractivity contribution in [1.29, 1.82) is 0 Å². The van der Waals surface area contributed by atoms with Gasteiger partial charge in [-0.1, -0.05) is 30.3 Å². The van der Waals surface area contributed by atoms with E-state index in [1.807, 2.05) is 36.4 Å². The Kier molecular flexibility index (Phi) is 5.98. The van der Waals surface area contributed by atoms with Crippen molar-refractivity contribution in [2.24, 2.45) is 5.10 Å². The number of hydrogen-bond acceptors (Lipinski definition) is 4. The molecule has 160 valence electrons. The molecule has 0 atom stereocenters. The summed E-state index contributed by atoms with van der Waals surface area (Å²) >= 11 is 0. The summed E-state index contributed by atoms with van der Waals surface area (Å²) in [5.74, 6) is 0.194. The number of carbonyl (C=O) groups excluding carboxylic acids is 2. The number of methoxy groups -OCH3 is 1. The molecular weight excluding hydrogens is 404 g/mol. The van der Waals surface area contributed by atoms with E-state index < -0.39 is 0 Å². The standard InChI is InChI=1S/C25H22N4O3/c1-16(28-29-25(31)22-15-26-23-6-4-3-5-21(22)23)17-7-11-19(12-8-17)27-24(30)18-9-13-20(32-2)14-10-18/h3-15,26H,1-2H3,(H,27,30)(H,29,31). The monoisotopic (exact) mass is 426 g/mol. The number of aromatic amines is 1. The predicted molar refractivity (Wildman–Crippen MR) is 125 cm³/mol. The third-order valence-corrected chi connectivity index (χ3v) is 5.07. The molecule has 4 aromatic rings. The summed E-state index contributed by atoms with van der Waals surface area (Å²) in [7, 11) is 1.58. The molecule has 1 heterocycles. The molecule has 4 rings (SSSR count). The molecular formula is C25H22N4O3. The fraction of sp³-hybridized carbons (Fsp3) is 0.0800. The van der Waals surface area contributed by atoms with Crippen molar-refractivity contribution >= 4 is 34.1 Å². The van der Waals surface area contributed by atoms with E-state index in [2.05, 4.69) is 20.8 Å². The lowest BCUT2D eigenvalue weighted by molar-refractivity contribution is 0.0955. The van der Waals surface area contributed by atoms with E-state index in [9.17, 15) is 9.59 Å². The Morgan fingerprint density at radius 3 is 2.28 bits per heavy atom. The van der Waals surface area contributed by atoms with Crippen molar-refractivity contribution in [3.63, 3.8) is 0 Å². The Hall–Kier alpha value is -4.39. The number of para-hydroxylation sites is 1. The number of nitrogens with one attached hydrogen (secondary N) is 3. The molecule has 3 N–H and O–H groups in total. The summed E-state index contributed by atoms with van der Waals surface area (Å²) in [5.41, 5.74) is 6.69. The van der Waals surface area contributed by atoms with Gasteiger partial charge in [-0.2, -0.15) is 5.10 Å². The maximum Gasteiger partial charge on any atom is 0.273 e. The highest BCUT2D eigenvalue weighted by atomic mass is 16.5. The van der Waals surface area contributed by atoms with Crippen molar-refractivity contribution in [2.75, 3.05) is 12.4 Å². The first-order valence-corrected chi connectivity index (χ1v) is 10.0. The first-order valence-electron chi connectivity index (χ1n) is 10.0. The van der Waals surface area contributed by atoms with E-state index in [-0.39, 0.29) is 11.8 Å². The summed E-state index contributed by atoms with van der Waals surface area (Å²) in [6.45, 7) is 1.81. The number of fused-ring (bicyclic) bond motifs is 1. The van der Waals surface area contributed by atoms with Crippen LogP contribution in [0.3, 0.4) is 0 Å². The van der Waals surface area contributed by atoms with Gasteiger partial charge in [-0.3, -0.25) is 9.59 Å². The Morgan fingerprint density at radius 1 is 0.875 bits per heavy atom. The molecule has 2 amide bonds. The molecule has 0 bridgehead atoms. The quantitative estimate of drug-likeness (QED) is 0.311. The minimum atomic E-state index is -0.287. The highest BCUT2D eigenvalue weighted by molar-refractivity contribution is 6.08. The number of nitrogens with zero attached hydrogens (tertiary/aromatic N) is 1. The average Bonchev–Trinajstić information content (AvgIpc) is 3.27. The number of H-pyrrole nitrogens is 1. The molecule has 0 aliphatic rings. The highest BCUT2D eigenvalue weighted by Gasteiger charge is 2.11. The lowest BCUT2D eigenvalue weighted by Crippen LogP contribution is -2.19. The zero-order valence-electron chi connectivity index (χ0n) is 17.7. The molecule has 1 aromatic heterocycles. The van der Waals surface area contributed by atoms with Crippen molar-refractivity contribution in [1.82, 2.24) is 10.4 Å². The van der Waals surface area contributed by atoms with Crippen molar-refractivity contribution in [3.05, 3.63) is 95.7 Å². The van der Waals surface area contributed by atoms with E-state index in [4.69, 9.17) is 4.74 Å². The van der Waals surface area contributed by atoms with Gasteiger partial charge in [-0.25, -0.2) is 5.43 Å². The van der Waals surface area contributed by atoms with Crippen LogP contribution in [0.1, 0.15) is 33.2 Å². The molecule has 32 heavy (non-hydrogen) atoms. The van der Waals surface area contributed by atoms with Crippen molar-refractivity contribution < 1.29 is 14.3 Å². The van der Waals surface area contributed by atoms with Crippen LogP contribution in [0.5, 0.6) is 5.75 Å². The van der Waals surface area contributed by atoms with Crippen molar-refractivity contribution in [3.8, 4) is 5.75 Å². The second-order valence-corrected chi connectivity index (χ2v) is 7.15. The van der Waals surface area contributed by atoms with Crippen LogP contribution in [0, 0.1) is 0 Å². The number of carbonyl (C=O) groups is 2. The normalized spacial score (nSPS) is 11.2. The topological polar surface area (TPSA) is 95.6 Å². The fourth-order valence-electron chi connectivity index (χ4n) is 3.26. The van der Waals surface area contributed by atoms with Gasteiger partial charge in [-0.05, 0) is 55.0 Å². The molecule has 0 saturated carbocycles. The number of rotatable bonds is 6. The number of hydrazone groups is 1. The van der Waals surface area contributed by atoms with Gasteiger partial charge < -0.3 is 15.0 Å². The van der Waals surface area contributed by atoms with Crippen LogP contribution in [-0.2, 0) is 0 Å². The number of ether oxygens (including phenoxy) is 1. The van der Waals surface area contributed by atoms with Crippen LogP contribution in [0.4, 0.5) is 5.69 Å². The average molecular weight is 426 g/mol. The maximum absolute atomic E-state index is 12.5. The van der Waals surface area contributed by atoms with Crippen molar-refractivity contribution in [2.45, 2.75) is 6.92 Å². The molecule has 7 heteroatoms. The predicted octanol–water partition coefficient (Wildman–Crippen LogP) is 4.58. The van der Waals surface area contributed by atoms with Crippen LogP contribution in [0.25, 0.3) is 10.9 Å². The molecule has 0 saturated heterocycles. The maximum atomic E-state index is 12.5. The largest absolute Gasteiger partial charge is 0.497 e. The first-order chi connectivity index (χ1) is 15.5. The Bertz CT molecular complexity index is 1290. The second-order valence-electron chi connectivity index (χ2n) is 7.15. The van der Waals surface area contributed by atoms with Crippen LogP contribution in [-0.4, -0.2) is 29.6 Å². The Labute approximate surface area is 185 Å². The smallest absolute Gasteiger partial charge is 0.273 e. The van der Waals surface area contributed by atoms with E-state index in [0.717, 1.165) is 16.5 Å². The number of benzene rings is 3. The lowest BCUT2D eigenvalue weighted by Gasteiger charge is -2.08. The number of hydrogen-bond donors (Lipinski definition) is 3. The molecule has 0 fully saturated rings. The number of aromatic nitrogens is 1. The summed E-state index contributed by atoms with van der Waals surface area (Å²) in [5, 5.41) is 7.91. The van der Waals surface area contributed by atoms with E-state index >= 15 is 0 Å². The zero-order chi connectivity index (χ0) is 22.5. The van der Waals surface area contributed by atoms with Gasteiger partial charge in [-0.15, -0.1) is 0 Å².